The molecule has 0 bridgehead atoms. The molecule has 2 aliphatic rings. The highest BCUT2D eigenvalue weighted by Crippen LogP contribution is 2.40. The molecule has 1 aromatic carbocycles. The van der Waals surface area contributed by atoms with Crippen molar-refractivity contribution in [2.75, 3.05) is 29.7 Å². The van der Waals surface area contributed by atoms with Crippen LogP contribution in [0, 0.1) is 6.92 Å². The van der Waals surface area contributed by atoms with Crippen LogP contribution in [-0.2, 0) is 35.2 Å². The number of aryl methyl sites for hydroxylation is 1. The number of benzene rings is 1. The average molecular weight is 602 g/mol. The fraction of sp³-hybridized carbons (Fsp3) is 0.320. The van der Waals surface area contributed by atoms with E-state index in [-0.39, 0.29) is 39.0 Å². The number of nitrogen functional groups attached to an aromatic ring is 1. The van der Waals surface area contributed by atoms with Crippen LogP contribution in [0.4, 0.5) is 10.8 Å². The van der Waals surface area contributed by atoms with E-state index in [2.05, 4.69) is 20.8 Å². The van der Waals surface area contributed by atoms with Crippen molar-refractivity contribution < 1.29 is 28.8 Å². The molecule has 0 unspecified atom stereocenters. The van der Waals surface area contributed by atoms with Gasteiger partial charge in [0.2, 0.25) is 5.91 Å². The van der Waals surface area contributed by atoms with Gasteiger partial charge in [-0.2, -0.15) is 0 Å². The van der Waals surface area contributed by atoms with Crippen LogP contribution >= 0.6 is 34.9 Å². The summed E-state index contributed by atoms with van der Waals surface area (Å²) in [6, 6.07) is 4.53. The highest BCUT2D eigenvalue weighted by Gasteiger charge is 2.53. The molecule has 12 nitrogen and oxygen atoms in total. The Morgan fingerprint density at radius 1 is 1.35 bits per heavy atom. The van der Waals surface area contributed by atoms with E-state index in [0.717, 1.165) is 34.2 Å². The number of allylic oxidation sites excluding steroid dienone is 1. The maximum absolute atomic E-state index is 13.1. The Hall–Kier alpha value is -3.69. The van der Waals surface area contributed by atoms with Gasteiger partial charge in [-0.25, -0.2) is 4.98 Å². The molecule has 40 heavy (non-hydrogen) atoms. The van der Waals surface area contributed by atoms with Crippen LogP contribution in [0.25, 0.3) is 0 Å². The van der Waals surface area contributed by atoms with Crippen molar-refractivity contribution >= 4 is 80.5 Å². The van der Waals surface area contributed by atoms with Crippen molar-refractivity contribution in [2.45, 2.75) is 31.7 Å². The lowest BCUT2D eigenvalue weighted by Crippen LogP contribution is -2.70. The van der Waals surface area contributed by atoms with Crippen molar-refractivity contribution in [1.82, 2.24) is 15.2 Å². The van der Waals surface area contributed by atoms with E-state index < -0.39 is 23.2 Å². The number of nitrogens with two attached hydrogens (primary N) is 1. The number of nitrogens with one attached hydrogen (secondary N) is 2. The summed E-state index contributed by atoms with van der Waals surface area (Å²) in [5.74, 6) is -0.969. The van der Waals surface area contributed by atoms with E-state index in [9.17, 15) is 24.0 Å². The molecular formula is C25H25N6O6S3. The van der Waals surface area contributed by atoms with Crippen LogP contribution in [0.5, 0.6) is 0 Å². The molecule has 3 heterocycles. The number of hydrogen-bond donors (Lipinski definition) is 3. The molecule has 3 amide bonds. The summed E-state index contributed by atoms with van der Waals surface area (Å²) in [5, 5.41) is 10.3. The quantitative estimate of drug-likeness (QED) is 0.206. The van der Waals surface area contributed by atoms with E-state index >= 15 is 0 Å². The highest BCUT2D eigenvalue weighted by molar-refractivity contribution is 8.14. The Morgan fingerprint density at radius 2 is 2.12 bits per heavy atom. The Labute approximate surface area is 242 Å². The fourth-order valence-corrected chi connectivity index (χ4v) is 6.42. The van der Waals surface area contributed by atoms with Crippen LogP contribution in [0.2, 0.25) is 0 Å². The topological polar surface area (TPSA) is 173 Å². The fourth-order valence-electron chi connectivity index (χ4n) is 4.12. The first kappa shape index (κ1) is 29.3. The summed E-state index contributed by atoms with van der Waals surface area (Å²) in [6.07, 6.45) is 2.27. The van der Waals surface area contributed by atoms with Crippen LogP contribution < -0.4 is 16.4 Å². The van der Waals surface area contributed by atoms with Gasteiger partial charge in [0.05, 0.1) is 11.4 Å². The second-order valence-electron chi connectivity index (χ2n) is 8.76. The number of anilines is 2. The number of β-lactam (4-membered cyclic amide) rings is 1. The molecule has 4 N–H and O–H groups in total. The predicted molar refractivity (Wildman–Crippen MR) is 154 cm³/mol. The zero-order chi connectivity index (χ0) is 29.0. The van der Waals surface area contributed by atoms with Gasteiger partial charge in [-0.05, 0) is 42.2 Å². The molecule has 1 radical (unpaired) electrons. The van der Waals surface area contributed by atoms with Gasteiger partial charge < -0.3 is 21.2 Å². The predicted octanol–water partition coefficient (Wildman–Crippen LogP) is 1.61. The van der Waals surface area contributed by atoms with Crippen LogP contribution in [-0.4, -0.2) is 74.7 Å². The Morgan fingerprint density at radius 3 is 2.77 bits per heavy atom. The first-order valence-electron chi connectivity index (χ1n) is 11.8. The molecule has 2 aromatic rings. The maximum Gasteiger partial charge on any atom is 0.276 e. The lowest BCUT2D eigenvalue weighted by Gasteiger charge is -2.49. The number of nitrogens with zero attached hydrogens (tertiary/aromatic N) is 3. The van der Waals surface area contributed by atoms with Gasteiger partial charge in [-0.3, -0.25) is 28.9 Å². The number of thiazole rings is 1. The third-order valence-corrected chi connectivity index (χ3v) is 8.86. The van der Waals surface area contributed by atoms with E-state index in [1.165, 1.54) is 30.7 Å². The Bertz CT molecular complexity index is 1440. The van der Waals surface area contributed by atoms with E-state index in [1.807, 2.05) is 19.3 Å². The molecule has 15 heteroatoms. The van der Waals surface area contributed by atoms with Crippen molar-refractivity contribution in [2.24, 2.45) is 5.16 Å². The molecule has 209 valence electrons. The highest BCUT2D eigenvalue weighted by atomic mass is 32.2. The molecule has 1 aromatic heterocycles. The number of amides is 3. The smallest absolute Gasteiger partial charge is 0.276 e. The first-order chi connectivity index (χ1) is 19.1. The van der Waals surface area contributed by atoms with Crippen LogP contribution in [0.3, 0.4) is 0 Å². The van der Waals surface area contributed by atoms with Gasteiger partial charge in [-0.15, -0.1) is 23.1 Å². The standard InChI is InChI=1S/C25H25N6O6S3/c1-12-4-5-16(27-19(34)11-38-13(2)33)7-14(12)6-15-9-39-24-21(23(36)31(24)18(15)8-32)29-22(35)20(30-37-3)17-10-40-25(26)28-17/h4-5,7,10,21,24H,6,9,11H2,1-3H3,(H2,26,28)(H,27,34)(H,29,35)/b30-20-/t21-,24-/m1/s1. The minimum Gasteiger partial charge on any atom is -0.398 e. The summed E-state index contributed by atoms with van der Waals surface area (Å²) >= 11 is 3.47. The third-order valence-electron chi connectivity index (χ3n) is 6.04. The summed E-state index contributed by atoms with van der Waals surface area (Å²) < 4.78 is 0. The molecule has 4 rings (SSSR count). The van der Waals surface area contributed by atoms with Crippen molar-refractivity contribution in [3.8, 4) is 0 Å². The van der Waals surface area contributed by atoms with E-state index in [1.54, 1.807) is 17.5 Å². The number of aromatic nitrogens is 1. The largest absolute Gasteiger partial charge is 0.398 e. The normalized spacial score (nSPS) is 18.5. The van der Waals surface area contributed by atoms with Crippen LogP contribution in [0.15, 0.2) is 40.0 Å². The van der Waals surface area contributed by atoms with Gasteiger partial charge >= 0.3 is 0 Å². The molecule has 0 spiro atoms. The second kappa shape index (κ2) is 12.7. The number of hydrogen-bond acceptors (Lipinski definition) is 12. The molecule has 1 saturated heterocycles. The summed E-state index contributed by atoms with van der Waals surface area (Å²) in [5.41, 5.74) is 8.97. The van der Waals surface area contributed by atoms with Gasteiger partial charge in [0.25, 0.3) is 18.1 Å². The summed E-state index contributed by atoms with van der Waals surface area (Å²) in [7, 11) is 1.29. The van der Waals surface area contributed by atoms with E-state index in [0.29, 0.717) is 23.4 Å². The zero-order valence-electron chi connectivity index (χ0n) is 21.7. The van der Waals surface area contributed by atoms with E-state index in [4.69, 9.17) is 10.6 Å². The monoisotopic (exact) mass is 601 g/mol. The van der Waals surface area contributed by atoms with Crippen molar-refractivity contribution in [3.05, 3.63) is 51.7 Å². The van der Waals surface area contributed by atoms with Crippen molar-refractivity contribution in [1.29, 1.82) is 0 Å². The maximum atomic E-state index is 13.1. The second-order valence-corrected chi connectivity index (χ2v) is 11.9. The molecule has 1 fully saturated rings. The first-order valence-corrected chi connectivity index (χ1v) is 14.7. The Kier molecular flexibility index (Phi) is 9.27. The minimum atomic E-state index is -0.881. The third kappa shape index (κ3) is 6.37. The number of rotatable bonds is 10. The SMILES string of the molecule is CO/N=C(\C(=O)N[C@@H]1C(=O)N2C([C]=O)=C(Cc3cc(NC(=O)CSC(C)=O)ccc3C)CS[C@H]12)c1csc(N)n1. The molecule has 2 aliphatic heterocycles. The number of thioether (sulfide) groups is 2. The zero-order valence-corrected chi connectivity index (χ0v) is 24.1. The summed E-state index contributed by atoms with van der Waals surface area (Å²) in [6.45, 7) is 3.31. The van der Waals surface area contributed by atoms with Gasteiger partial charge in [-0.1, -0.05) is 23.0 Å². The van der Waals surface area contributed by atoms with Crippen LogP contribution in [0.1, 0.15) is 23.7 Å². The Balaban J connectivity index is 1.47. The van der Waals surface area contributed by atoms with Gasteiger partial charge in [0.15, 0.2) is 16.0 Å². The lowest BCUT2D eigenvalue weighted by atomic mass is 9.96. The van der Waals surface area contributed by atoms with Gasteiger partial charge in [0.1, 0.15) is 24.2 Å². The minimum absolute atomic E-state index is 0.0113. The van der Waals surface area contributed by atoms with Gasteiger partial charge in [0, 0.05) is 23.7 Å². The lowest BCUT2D eigenvalue weighted by molar-refractivity contribution is -0.144. The average Bonchev–Trinajstić information content (AvgIpc) is 3.36. The van der Waals surface area contributed by atoms with Crippen molar-refractivity contribution in [3.63, 3.8) is 0 Å². The molecule has 0 saturated carbocycles. The summed E-state index contributed by atoms with van der Waals surface area (Å²) in [4.78, 5) is 71.5. The molecule has 2 atom stereocenters. The molecular weight excluding hydrogens is 577 g/mol. The number of oxime groups is 1. The number of fused-ring (bicyclic) bond motifs is 1. The number of carbonyl (C=O) groups is 4. The number of carbonyl (C=O) groups excluding carboxylic acids is 5. The molecule has 0 aliphatic carbocycles.